The fourth-order valence-electron chi connectivity index (χ4n) is 6.61. The zero-order valence-electron chi connectivity index (χ0n) is 32.0. The fourth-order valence-corrected chi connectivity index (χ4v) is 6.84. The third-order valence-corrected chi connectivity index (χ3v) is 10.1. The Kier molecular flexibility index (Phi) is 11.8. The number of nitro benzene ring substituents is 1. The molecule has 6 rings (SSSR count). The number of ether oxygens (including phenoxy) is 2. The van der Waals surface area contributed by atoms with Crippen LogP contribution in [-0.2, 0) is 14.9 Å². The lowest BCUT2D eigenvalue weighted by Crippen LogP contribution is -2.46. The van der Waals surface area contributed by atoms with Gasteiger partial charge in [0.25, 0.3) is 11.6 Å². The molecule has 4 aromatic carbocycles. The molecule has 292 valence electrons. The van der Waals surface area contributed by atoms with Crippen LogP contribution in [0.15, 0.2) is 83.3 Å². The van der Waals surface area contributed by atoms with E-state index in [1.807, 2.05) is 25.1 Å². The van der Waals surface area contributed by atoms with Crippen molar-refractivity contribution in [2.45, 2.75) is 70.9 Å². The zero-order chi connectivity index (χ0) is 41.0. The average Bonchev–Trinajstić information content (AvgIpc) is 3.87. The quantitative estimate of drug-likeness (QED) is 0.0445. The normalized spacial score (nSPS) is 13.8. The smallest absolute Gasteiger partial charge is 0.415 e. The molecule has 13 nitrogen and oxygen atoms in total. The lowest BCUT2D eigenvalue weighted by molar-refractivity contribution is -0.384. The van der Waals surface area contributed by atoms with Gasteiger partial charge in [-0.2, -0.15) is 5.26 Å². The number of hydrogen-bond acceptors (Lipinski definition) is 10. The van der Waals surface area contributed by atoms with Crippen molar-refractivity contribution in [1.82, 2.24) is 4.98 Å². The Balaban J connectivity index is 1.31. The fraction of sp³-hybridized carbons (Fsp3) is 0.279. The van der Waals surface area contributed by atoms with Gasteiger partial charge in [0.2, 0.25) is 17.8 Å². The molecule has 1 saturated carbocycles. The Hall–Kier alpha value is -6.52. The van der Waals surface area contributed by atoms with E-state index < -0.39 is 28.8 Å². The van der Waals surface area contributed by atoms with E-state index in [9.17, 15) is 29.8 Å². The second-order valence-electron chi connectivity index (χ2n) is 14.7. The van der Waals surface area contributed by atoms with E-state index in [-0.39, 0.29) is 44.9 Å². The standard InChI is InChI=1S/C43H40ClN5O8/c1-25-20-31(14-10-27(25)21-28(24-45)41-47-36-22-29(43(2,3)4)13-19-37(36)56-41)48(30-8-6-7-9-30)42(52)57-39(38(50)26-11-16-33(55-5)17-12-26)40(51)46-35-18-15-32(49(53)54)23-34(35)44/h10-23,30,39H,6-9H2,1-5H3,(H,46,51)/b28-21+. The highest BCUT2D eigenvalue weighted by molar-refractivity contribution is 6.34. The summed E-state index contributed by atoms with van der Waals surface area (Å²) in [6, 6.07) is 22.3. The predicted octanol–water partition coefficient (Wildman–Crippen LogP) is 9.84. The SMILES string of the molecule is COc1ccc(C(=O)C(OC(=O)N(c2ccc(/C=C(\C#N)c3nc4cc(C(C)(C)C)ccc4o3)c(C)c2)C2CCCC2)C(=O)Nc2ccc([N+](=O)[O-])cc2Cl)cc1. The van der Waals surface area contributed by atoms with Crippen molar-refractivity contribution >= 4 is 69.2 Å². The molecule has 1 N–H and O–H groups in total. The zero-order valence-corrected chi connectivity index (χ0v) is 32.8. The summed E-state index contributed by atoms with van der Waals surface area (Å²) in [5, 5.41) is 23.7. The molecule has 0 aliphatic heterocycles. The first-order valence-electron chi connectivity index (χ1n) is 18.2. The Morgan fingerprint density at radius 3 is 2.39 bits per heavy atom. The summed E-state index contributed by atoms with van der Waals surface area (Å²) < 4.78 is 17.0. The Labute approximate surface area is 334 Å². The topological polar surface area (TPSA) is 178 Å². The number of nitrogens with one attached hydrogen (secondary N) is 1. The summed E-state index contributed by atoms with van der Waals surface area (Å²) in [4.78, 5) is 58.7. The number of aryl methyl sites for hydroxylation is 1. The van der Waals surface area contributed by atoms with Gasteiger partial charge in [-0.15, -0.1) is 0 Å². The minimum absolute atomic E-state index is 0.0213. The Bertz CT molecular complexity index is 2440. The molecule has 5 aromatic rings. The van der Waals surface area contributed by atoms with Gasteiger partial charge in [0, 0.05) is 29.4 Å². The van der Waals surface area contributed by atoms with Crippen LogP contribution in [0.1, 0.15) is 79.4 Å². The van der Waals surface area contributed by atoms with Crippen LogP contribution in [0.3, 0.4) is 0 Å². The third kappa shape index (κ3) is 8.98. The maximum atomic E-state index is 14.3. The number of allylic oxidation sites excluding steroid dienone is 1. The van der Waals surface area contributed by atoms with E-state index in [1.165, 1.54) is 42.3 Å². The maximum absolute atomic E-state index is 14.3. The lowest BCUT2D eigenvalue weighted by atomic mass is 9.87. The molecule has 1 fully saturated rings. The Morgan fingerprint density at radius 2 is 1.77 bits per heavy atom. The van der Waals surface area contributed by atoms with E-state index in [0.29, 0.717) is 40.9 Å². The summed E-state index contributed by atoms with van der Waals surface area (Å²) in [6.45, 7) is 8.15. The molecule has 2 amide bonds. The second-order valence-corrected chi connectivity index (χ2v) is 15.1. The lowest BCUT2D eigenvalue weighted by Gasteiger charge is -2.30. The van der Waals surface area contributed by atoms with Gasteiger partial charge >= 0.3 is 6.09 Å². The van der Waals surface area contributed by atoms with Crippen LogP contribution in [0, 0.1) is 28.4 Å². The van der Waals surface area contributed by atoms with Gasteiger partial charge in [-0.05, 0) is 103 Å². The molecular formula is C43H40ClN5O8. The van der Waals surface area contributed by atoms with Gasteiger partial charge in [0.1, 0.15) is 22.9 Å². The number of halogens is 1. The molecule has 1 aliphatic rings. The number of hydrogen-bond donors (Lipinski definition) is 1. The highest BCUT2D eigenvalue weighted by Gasteiger charge is 2.37. The van der Waals surface area contributed by atoms with Crippen molar-refractivity contribution in [2.24, 2.45) is 0 Å². The highest BCUT2D eigenvalue weighted by atomic mass is 35.5. The predicted molar refractivity (Wildman–Crippen MR) is 216 cm³/mol. The number of oxazole rings is 1. The number of ketones is 1. The van der Waals surface area contributed by atoms with E-state index in [0.717, 1.165) is 36.1 Å². The van der Waals surface area contributed by atoms with Crippen LogP contribution in [0.2, 0.25) is 5.02 Å². The maximum Gasteiger partial charge on any atom is 0.415 e. The molecule has 0 radical (unpaired) electrons. The number of rotatable bonds is 11. The molecule has 0 spiro atoms. The molecule has 1 unspecified atom stereocenters. The van der Waals surface area contributed by atoms with Crippen molar-refractivity contribution in [3.63, 3.8) is 0 Å². The molecule has 14 heteroatoms. The van der Waals surface area contributed by atoms with Gasteiger partial charge < -0.3 is 19.2 Å². The van der Waals surface area contributed by atoms with E-state index in [2.05, 4.69) is 37.1 Å². The summed E-state index contributed by atoms with van der Waals surface area (Å²) in [6.07, 6.45) is 1.79. The third-order valence-electron chi connectivity index (χ3n) is 9.81. The van der Waals surface area contributed by atoms with Gasteiger partial charge in [0.05, 0.1) is 22.7 Å². The number of aromatic nitrogens is 1. The first-order valence-corrected chi connectivity index (χ1v) is 18.6. The molecule has 57 heavy (non-hydrogen) atoms. The number of non-ortho nitro benzene ring substituents is 1. The first-order chi connectivity index (χ1) is 27.2. The Morgan fingerprint density at radius 1 is 1.05 bits per heavy atom. The monoisotopic (exact) mass is 789 g/mol. The summed E-state index contributed by atoms with van der Waals surface area (Å²) >= 11 is 6.25. The molecular weight excluding hydrogens is 750 g/mol. The number of nitrogens with zero attached hydrogens (tertiary/aromatic N) is 4. The number of carbonyl (C=O) groups is 3. The van der Waals surface area contributed by atoms with Crippen LogP contribution >= 0.6 is 11.6 Å². The molecule has 1 aromatic heterocycles. The van der Waals surface area contributed by atoms with Crippen molar-refractivity contribution in [1.29, 1.82) is 5.26 Å². The number of benzene rings is 4. The summed E-state index contributed by atoms with van der Waals surface area (Å²) in [7, 11) is 1.47. The molecule has 1 heterocycles. The van der Waals surface area contributed by atoms with Crippen LogP contribution in [0.4, 0.5) is 21.9 Å². The number of amides is 2. The number of Topliss-reactive ketones (excluding diaryl/α,β-unsaturated/α-hetero) is 1. The number of anilines is 2. The number of methoxy groups -OCH3 is 1. The van der Waals surface area contributed by atoms with E-state index >= 15 is 0 Å². The number of carbonyl (C=O) groups excluding carboxylic acids is 3. The molecule has 1 aliphatic carbocycles. The minimum Gasteiger partial charge on any atom is -0.497 e. The number of nitro groups is 1. The van der Waals surface area contributed by atoms with Crippen LogP contribution in [0.5, 0.6) is 5.75 Å². The van der Waals surface area contributed by atoms with Gasteiger partial charge in [-0.1, -0.05) is 57.3 Å². The van der Waals surface area contributed by atoms with E-state index in [4.69, 9.17) is 25.5 Å². The van der Waals surface area contributed by atoms with Gasteiger partial charge in [0.15, 0.2) is 5.58 Å². The summed E-state index contributed by atoms with van der Waals surface area (Å²) in [5.74, 6) is -1.18. The van der Waals surface area contributed by atoms with Crippen LogP contribution in [0.25, 0.3) is 22.7 Å². The van der Waals surface area contributed by atoms with Crippen molar-refractivity contribution < 1.29 is 33.2 Å². The van der Waals surface area contributed by atoms with Crippen molar-refractivity contribution in [2.75, 3.05) is 17.3 Å². The first kappa shape index (κ1) is 40.2. The van der Waals surface area contributed by atoms with Gasteiger partial charge in [-0.25, -0.2) is 9.78 Å². The van der Waals surface area contributed by atoms with Crippen LogP contribution < -0.4 is 15.0 Å². The van der Waals surface area contributed by atoms with Crippen molar-refractivity contribution in [3.05, 3.63) is 122 Å². The molecule has 0 bridgehead atoms. The number of nitriles is 1. The largest absolute Gasteiger partial charge is 0.497 e. The average molecular weight is 790 g/mol. The van der Waals surface area contributed by atoms with E-state index in [1.54, 1.807) is 24.3 Å². The minimum atomic E-state index is -1.97. The highest BCUT2D eigenvalue weighted by Crippen LogP contribution is 2.33. The van der Waals surface area contributed by atoms with Crippen LogP contribution in [-0.4, -0.2) is 46.9 Å². The second kappa shape index (κ2) is 16.7. The van der Waals surface area contributed by atoms with Crippen molar-refractivity contribution in [3.8, 4) is 11.8 Å². The summed E-state index contributed by atoms with van der Waals surface area (Å²) in [5.41, 5.74) is 4.02. The van der Waals surface area contributed by atoms with Gasteiger partial charge in [-0.3, -0.25) is 24.6 Å². The molecule has 1 atom stereocenters. The number of fused-ring (bicyclic) bond motifs is 1. The molecule has 0 saturated heterocycles.